The zero-order valence-electron chi connectivity index (χ0n) is 18.2. The molecule has 178 valence electrons. The van der Waals surface area contributed by atoms with E-state index in [1.54, 1.807) is 17.9 Å². The molecule has 0 bridgehead atoms. The number of carbonyl (C=O) groups excluding carboxylic acids is 1. The van der Waals surface area contributed by atoms with Crippen molar-refractivity contribution >= 4 is 29.0 Å². The molecular weight excluding hydrogens is 467 g/mol. The van der Waals surface area contributed by atoms with Crippen molar-refractivity contribution in [3.63, 3.8) is 0 Å². The summed E-state index contributed by atoms with van der Waals surface area (Å²) in [5.74, 6) is -0.784. The fourth-order valence-electron chi connectivity index (χ4n) is 5.53. The van der Waals surface area contributed by atoms with Gasteiger partial charge < -0.3 is 25.1 Å². The lowest BCUT2D eigenvalue weighted by Crippen LogP contribution is -2.24. The first-order valence-corrected chi connectivity index (χ1v) is 11.2. The number of aliphatic hydroxyl groups is 1. The van der Waals surface area contributed by atoms with E-state index in [1.165, 1.54) is 24.3 Å². The molecule has 5 rings (SSSR count). The Morgan fingerprint density at radius 3 is 2.68 bits per heavy atom. The van der Waals surface area contributed by atoms with E-state index in [-0.39, 0.29) is 34.5 Å². The van der Waals surface area contributed by atoms with Crippen LogP contribution in [0.15, 0.2) is 30.6 Å². The molecule has 3 N–H and O–H groups in total. The maximum atomic E-state index is 13.4. The van der Waals surface area contributed by atoms with Crippen LogP contribution < -0.4 is 5.32 Å². The van der Waals surface area contributed by atoms with Crippen LogP contribution in [-0.4, -0.2) is 35.7 Å². The molecule has 2 aromatic heterocycles. The molecule has 2 heterocycles. The maximum Gasteiger partial charge on any atom is 0.342 e. The summed E-state index contributed by atoms with van der Waals surface area (Å²) in [6.45, 7) is 0. The molecule has 3 aromatic rings. The van der Waals surface area contributed by atoms with E-state index in [9.17, 15) is 24.4 Å². The number of aromatic nitrogens is 4. The number of benzene rings is 1. The van der Waals surface area contributed by atoms with Gasteiger partial charge in [0.25, 0.3) is 5.91 Å². The number of carbonyl (C=O) groups is 1. The van der Waals surface area contributed by atoms with Crippen LogP contribution in [0.25, 0.3) is 0 Å². The monoisotopic (exact) mass is 488 g/mol. The lowest BCUT2D eigenvalue weighted by Gasteiger charge is -2.21. The van der Waals surface area contributed by atoms with Crippen molar-refractivity contribution in [3.8, 4) is 0 Å². The molecule has 12 heteroatoms. The molecule has 0 saturated heterocycles. The number of halogens is 2. The number of fused-ring (bicyclic) bond motifs is 1. The third-order valence-electron chi connectivity index (χ3n) is 7.02. The van der Waals surface area contributed by atoms with Crippen molar-refractivity contribution in [1.29, 1.82) is 0 Å². The van der Waals surface area contributed by atoms with Crippen LogP contribution in [-0.2, 0) is 12.6 Å². The van der Waals surface area contributed by atoms with E-state index in [1.807, 2.05) is 0 Å². The molecule has 2 atom stereocenters. The van der Waals surface area contributed by atoms with E-state index in [0.717, 1.165) is 12.8 Å². The van der Waals surface area contributed by atoms with Crippen molar-refractivity contribution in [2.24, 2.45) is 18.9 Å². The van der Waals surface area contributed by atoms with Gasteiger partial charge in [0.1, 0.15) is 22.8 Å². The van der Waals surface area contributed by atoms with Crippen LogP contribution >= 0.6 is 11.6 Å². The lowest BCUT2D eigenvalue weighted by atomic mass is 9.90. The number of hydrogen-bond donors (Lipinski definition) is 3. The number of amides is 1. The molecule has 0 aliphatic heterocycles. The molecule has 0 spiro atoms. The molecule has 10 nitrogen and oxygen atoms in total. The molecule has 2 aliphatic rings. The van der Waals surface area contributed by atoms with Crippen LogP contribution in [0.5, 0.6) is 0 Å². The molecule has 0 radical (unpaired) electrons. The Hall–Kier alpha value is -3.31. The van der Waals surface area contributed by atoms with Crippen LogP contribution in [0.2, 0.25) is 5.02 Å². The number of aryl methyl sites for hydroxylation is 1. The summed E-state index contributed by atoms with van der Waals surface area (Å²) in [6.07, 6.45) is 3.95. The number of H-pyrrole nitrogens is 1. The van der Waals surface area contributed by atoms with Crippen LogP contribution in [0, 0.1) is 27.8 Å². The Balaban J connectivity index is 1.31. The van der Waals surface area contributed by atoms with Gasteiger partial charge in [0.15, 0.2) is 0 Å². The highest BCUT2D eigenvalue weighted by Gasteiger charge is 2.52. The summed E-state index contributed by atoms with van der Waals surface area (Å²) in [5, 5.41) is 31.1. The second-order valence-electron chi connectivity index (χ2n) is 9.20. The molecule has 1 aromatic carbocycles. The first-order chi connectivity index (χ1) is 16.1. The van der Waals surface area contributed by atoms with Gasteiger partial charge in [-0.25, -0.2) is 9.37 Å². The van der Waals surface area contributed by atoms with Crippen molar-refractivity contribution in [2.45, 2.75) is 37.2 Å². The topological polar surface area (TPSA) is 139 Å². The zero-order chi connectivity index (χ0) is 24.2. The zero-order valence-corrected chi connectivity index (χ0v) is 18.9. The number of hydrogen-bond acceptors (Lipinski definition) is 6. The highest BCUT2D eigenvalue weighted by molar-refractivity contribution is 6.31. The first kappa shape index (κ1) is 22.5. The Kier molecular flexibility index (Phi) is 5.40. The summed E-state index contributed by atoms with van der Waals surface area (Å²) < 4.78 is 15.1. The summed E-state index contributed by atoms with van der Waals surface area (Å²) in [7, 11) is 1.74. The third-order valence-corrected chi connectivity index (χ3v) is 7.31. The number of anilines is 1. The number of rotatable bonds is 5. The van der Waals surface area contributed by atoms with Gasteiger partial charge in [-0.15, -0.1) is 5.10 Å². The smallest absolute Gasteiger partial charge is 0.342 e. The van der Waals surface area contributed by atoms with Gasteiger partial charge in [-0.2, -0.15) is 0 Å². The Bertz CT molecular complexity index is 1280. The molecule has 2 aliphatic carbocycles. The van der Waals surface area contributed by atoms with Gasteiger partial charge >= 0.3 is 5.82 Å². The number of imidazole rings is 1. The van der Waals surface area contributed by atoms with Crippen LogP contribution in [0.1, 0.15) is 53.5 Å². The van der Waals surface area contributed by atoms with Gasteiger partial charge in [-0.1, -0.05) is 16.7 Å². The van der Waals surface area contributed by atoms with Crippen molar-refractivity contribution < 1.29 is 19.2 Å². The molecule has 34 heavy (non-hydrogen) atoms. The summed E-state index contributed by atoms with van der Waals surface area (Å²) in [6, 6.07) is 5.27. The maximum absolute atomic E-state index is 13.4. The minimum absolute atomic E-state index is 0.0341. The fraction of sp³-hybridized carbons (Fsp3) is 0.409. The molecule has 2 fully saturated rings. The lowest BCUT2D eigenvalue weighted by molar-refractivity contribution is -0.389. The standard InChI is InChI=1S/C22H22ClFN6O4/c1-29-10-25-19(20(29)21(31)26-14-2-3-16(24)15(23)6-14)11-4-12-8-22(32,9-13(12)5-11)17-7-18(28-27-17)30(33)34/h2-3,6-7,10-13,32H,4-5,8-9H2,1H3,(H,26,31)(H,27,28). The molecule has 2 saturated carbocycles. The summed E-state index contributed by atoms with van der Waals surface area (Å²) in [5.41, 5.74) is 0.563. The number of nitrogens with zero attached hydrogens (tertiary/aromatic N) is 4. The molecule has 2 unspecified atom stereocenters. The second-order valence-corrected chi connectivity index (χ2v) is 9.60. The van der Waals surface area contributed by atoms with E-state index in [2.05, 4.69) is 20.5 Å². The predicted octanol–water partition coefficient (Wildman–Crippen LogP) is 3.89. The average Bonchev–Trinajstić information content (AvgIpc) is 3.53. The molecular formula is C22H22ClFN6O4. The minimum Gasteiger partial charge on any atom is -0.383 e. The molecule has 1 amide bonds. The van der Waals surface area contributed by atoms with Gasteiger partial charge in [0.05, 0.1) is 23.1 Å². The van der Waals surface area contributed by atoms with Crippen molar-refractivity contribution in [1.82, 2.24) is 19.7 Å². The highest BCUT2D eigenvalue weighted by Crippen LogP contribution is 2.56. The minimum atomic E-state index is -1.21. The number of aromatic amines is 1. The Morgan fingerprint density at radius 2 is 2.06 bits per heavy atom. The van der Waals surface area contributed by atoms with E-state index >= 15 is 0 Å². The van der Waals surface area contributed by atoms with E-state index in [0.29, 0.717) is 35.6 Å². The van der Waals surface area contributed by atoms with E-state index in [4.69, 9.17) is 11.6 Å². The summed E-state index contributed by atoms with van der Waals surface area (Å²) in [4.78, 5) is 27.9. The van der Waals surface area contributed by atoms with Gasteiger partial charge in [-0.3, -0.25) is 4.79 Å². The fourth-order valence-corrected chi connectivity index (χ4v) is 5.71. The second kappa shape index (κ2) is 8.17. The Labute approximate surface area is 198 Å². The predicted molar refractivity (Wildman–Crippen MR) is 120 cm³/mol. The normalized spacial score (nSPS) is 25.9. The van der Waals surface area contributed by atoms with E-state index < -0.39 is 16.3 Å². The number of nitrogens with one attached hydrogen (secondary N) is 2. The van der Waals surface area contributed by atoms with Gasteiger partial charge in [0, 0.05) is 18.7 Å². The summed E-state index contributed by atoms with van der Waals surface area (Å²) >= 11 is 5.82. The Morgan fingerprint density at radius 1 is 1.35 bits per heavy atom. The van der Waals surface area contributed by atoms with Gasteiger partial charge in [-0.05, 0) is 60.6 Å². The average molecular weight is 489 g/mol. The SMILES string of the molecule is Cn1cnc(C2CC3CC(O)(c4cc([N+](=O)[O-])[nH]n4)CC3C2)c1C(=O)Nc1ccc(F)c(Cl)c1. The first-order valence-electron chi connectivity index (χ1n) is 10.8. The highest BCUT2D eigenvalue weighted by atomic mass is 35.5. The van der Waals surface area contributed by atoms with Crippen molar-refractivity contribution in [2.75, 3.05) is 5.32 Å². The number of nitro groups is 1. The van der Waals surface area contributed by atoms with Crippen LogP contribution in [0.4, 0.5) is 15.9 Å². The van der Waals surface area contributed by atoms with Gasteiger partial charge in [0.2, 0.25) is 0 Å². The van der Waals surface area contributed by atoms with Crippen LogP contribution in [0.3, 0.4) is 0 Å². The largest absolute Gasteiger partial charge is 0.383 e. The van der Waals surface area contributed by atoms with Crippen molar-refractivity contribution in [3.05, 3.63) is 68.6 Å². The quantitative estimate of drug-likeness (QED) is 0.368. The third kappa shape index (κ3) is 3.84.